The van der Waals surface area contributed by atoms with Gasteiger partial charge in [0.25, 0.3) is 0 Å². The smallest absolute Gasteiger partial charge is 0.0233 e. The van der Waals surface area contributed by atoms with Crippen molar-refractivity contribution in [3.63, 3.8) is 0 Å². The molecule has 0 radical (unpaired) electrons. The summed E-state index contributed by atoms with van der Waals surface area (Å²) in [4.78, 5) is 2.62. The van der Waals surface area contributed by atoms with E-state index in [0.29, 0.717) is 0 Å². The van der Waals surface area contributed by atoms with Crippen molar-refractivity contribution in [1.82, 2.24) is 4.90 Å². The summed E-state index contributed by atoms with van der Waals surface area (Å²) in [6, 6.07) is 10.9. The van der Waals surface area contributed by atoms with Gasteiger partial charge in [0.05, 0.1) is 0 Å². The molecule has 2 rings (SSSR count). The number of benzene rings is 1. The van der Waals surface area contributed by atoms with E-state index in [0.717, 1.165) is 6.54 Å². The summed E-state index contributed by atoms with van der Waals surface area (Å²) in [5.41, 5.74) is 3.11. The van der Waals surface area contributed by atoms with Crippen molar-refractivity contribution in [2.45, 2.75) is 45.6 Å². The first kappa shape index (κ1) is 13.4. The standard InChI is InChI=1S/C17H25N/c1-2-16-9-6-7-13-18(14-8-12-16)15-17-10-4-3-5-11-17/h2-5,10-11H,6-9,12-15H2,1H3/b16-2-. The lowest BCUT2D eigenvalue weighted by Crippen LogP contribution is -2.25. The molecule has 1 aromatic rings. The third-order valence-electron chi connectivity index (χ3n) is 3.85. The Morgan fingerprint density at radius 3 is 2.50 bits per heavy atom. The van der Waals surface area contributed by atoms with Crippen LogP contribution in [0.5, 0.6) is 0 Å². The van der Waals surface area contributed by atoms with Gasteiger partial charge in [0.15, 0.2) is 0 Å². The molecule has 0 bridgehead atoms. The topological polar surface area (TPSA) is 3.24 Å². The van der Waals surface area contributed by atoms with Crippen LogP contribution in [0.4, 0.5) is 0 Å². The van der Waals surface area contributed by atoms with E-state index in [9.17, 15) is 0 Å². The fourth-order valence-corrected chi connectivity index (χ4v) is 2.74. The highest BCUT2D eigenvalue weighted by molar-refractivity contribution is 5.14. The largest absolute Gasteiger partial charge is 0.299 e. The quantitative estimate of drug-likeness (QED) is 0.696. The van der Waals surface area contributed by atoms with Gasteiger partial charge in [0.2, 0.25) is 0 Å². The molecule has 0 aromatic heterocycles. The molecule has 1 aromatic carbocycles. The highest BCUT2D eigenvalue weighted by atomic mass is 15.1. The molecular weight excluding hydrogens is 218 g/mol. The van der Waals surface area contributed by atoms with Gasteiger partial charge in [0, 0.05) is 6.54 Å². The zero-order chi connectivity index (χ0) is 12.6. The van der Waals surface area contributed by atoms with Crippen LogP contribution >= 0.6 is 0 Å². The Hall–Kier alpha value is -1.08. The van der Waals surface area contributed by atoms with E-state index in [1.165, 1.54) is 50.8 Å². The van der Waals surface area contributed by atoms with E-state index < -0.39 is 0 Å². The monoisotopic (exact) mass is 243 g/mol. The van der Waals surface area contributed by atoms with Gasteiger partial charge in [-0.1, -0.05) is 42.0 Å². The zero-order valence-corrected chi connectivity index (χ0v) is 11.6. The predicted octanol–water partition coefficient (Wildman–Crippen LogP) is 4.40. The Labute approximate surface area is 112 Å². The lowest BCUT2D eigenvalue weighted by atomic mass is 10.0. The summed E-state index contributed by atoms with van der Waals surface area (Å²) in [6.45, 7) is 5.80. The summed E-state index contributed by atoms with van der Waals surface area (Å²) in [5, 5.41) is 0. The van der Waals surface area contributed by atoms with Gasteiger partial charge in [0.1, 0.15) is 0 Å². The van der Waals surface area contributed by atoms with Gasteiger partial charge in [-0.25, -0.2) is 0 Å². The fourth-order valence-electron chi connectivity index (χ4n) is 2.74. The maximum Gasteiger partial charge on any atom is 0.0233 e. The van der Waals surface area contributed by atoms with Gasteiger partial charge in [-0.3, -0.25) is 4.90 Å². The molecular formula is C17H25N. The third-order valence-corrected chi connectivity index (χ3v) is 3.85. The van der Waals surface area contributed by atoms with Gasteiger partial charge in [-0.05, 0) is 57.7 Å². The summed E-state index contributed by atoms with van der Waals surface area (Å²) < 4.78 is 0. The van der Waals surface area contributed by atoms with Gasteiger partial charge >= 0.3 is 0 Å². The van der Waals surface area contributed by atoms with Crippen molar-refractivity contribution in [2.24, 2.45) is 0 Å². The molecule has 1 aliphatic heterocycles. The first-order valence-electron chi connectivity index (χ1n) is 7.29. The van der Waals surface area contributed by atoms with Crippen LogP contribution < -0.4 is 0 Å². The lowest BCUT2D eigenvalue weighted by Gasteiger charge is -2.21. The second-order valence-electron chi connectivity index (χ2n) is 5.27. The molecule has 0 aliphatic carbocycles. The normalized spacial score (nSPS) is 21.3. The second kappa shape index (κ2) is 7.38. The van der Waals surface area contributed by atoms with Crippen molar-refractivity contribution in [3.05, 3.63) is 47.5 Å². The van der Waals surface area contributed by atoms with E-state index in [1.807, 2.05) is 0 Å². The molecule has 98 valence electrons. The zero-order valence-electron chi connectivity index (χ0n) is 11.6. The number of hydrogen-bond donors (Lipinski definition) is 0. The maximum absolute atomic E-state index is 2.62. The van der Waals surface area contributed by atoms with Crippen LogP contribution in [0.25, 0.3) is 0 Å². The molecule has 0 atom stereocenters. The van der Waals surface area contributed by atoms with Crippen LogP contribution in [-0.2, 0) is 6.54 Å². The first-order chi connectivity index (χ1) is 8.88. The molecule has 0 amide bonds. The molecule has 1 saturated heterocycles. The fraction of sp³-hybridized carbons (Fsp3) is 0.529. The molecule has 1 heterocycles. The minimum Gasteiger partial charge on any atom is -0.299 e. The first-order valence-corrected chi connectivity index (χ1v) is 7.29. The summed E-state index contributed by atoms with van der Waals surface area (Å²) in [5.74, 6) is 0. The molecule has 0 N–H and O–H groups in total. The molecule has 0 saturated carbocycles. The van der Waals surface area contributed by atoms with Crippen molar-refractivity contribution in [3.8, 4) is 0 Å². The Bertz CT molecular complexity index is 366. The van der Waals surface area contributed by atoms with Gasteiger partial charge < -0.3 is 0 Å². The molecule has 1 heteroatoms. The Morgan fingerprint density at radius 2 is 1.72 bits per heavy atom. The number of allylic oxidation sites excluding steroid dienone is 2. The summed E-state index contributed by atoms with van der Waals surface area (Å²) in [7, 11) is 0. The van der Waals surface area contributed by atoms with Crippen molar-refractivity contribution >= 4 is 0 Å². The lowest BCUT2D eigenvalue weighted by molar-refractivity contribution is 0.261. The Balaban J connectivity index is 1.89. The van der Waals surface area contributed by atoms with E-state index >= 15 is 0 Å². The van der Waals surface area contributed by atoms with E-state index in [-0.39, 0.29) is 0 Å². The number of nitrogens with zero attached hydrogens (tertiary/aromatic N) is 1. The second-order valence-corrected chi connectivity index (χ2v) is 5.27. The minimum atomic E-state index is 1.12. The molecule has 18 heavy (non-hydrogen) atoms. The molecule has 1 nitrogen and oxygen atoms in total. The van der Waals surface area contributed by atoms with Crippen LogP contribution in [0.2, 0.25) is 0 Å². The van der Waals surface area contributed by atoms with Crippen LogP contribution in [0.3, 0.4) is 0 Å². The maximum atomic E-state index is 2.62. The Morgan fingerprint density at radius 1 is 1.00 bits per heavy atom. The van der Waals surface area contributed by atoms with Gasteiger partial charge in [-0.15, -0.1) is 0 Å². The van der Waals surface area contributed by atoms with Crippen LogP contribution in [0.1, 0.15) is 44.6 Å². The molecule has 1 aliphatic rings. The Kier molecular flexibility index (Phi) is 5.47. The van der Waals surface area contributed by atoms with E-state index in [2.05, 4.69) is 48.2 Å². The van der Waals surface area contributed by atoms with Crippen molar-refractivity contribution in [1.29, 1.82) is 0 Å². The van der Waals surface area contributed by atoms with Crippen molar-refractivity contribution < 1.29 is 0 Å². The molecule has 1 fully saturated rings. The van der Waals surface area contributed by atoms with E-state index in [1.54, 1.807) is 5.57 Å². The predicted molar refractivity (Wildman–Crippen MR) is 78.6 cm³/mol. The van der Waals surface area contributed by atoms with Crippen LogP contribution in [-0.4, -0.2) is 18.0 Å². The van der Waals surface area contributed by atoms with Gasteiger partial charge in [-0.2, -0.15) is 0 Å². The average molecular weight is 243 g/mol. The average Bonchev–Trinajstić information content (AvgIpc) is 2.52. The number of hydrogen-bond acceptors (Lipinski definition) is 1. The van der Waals surface area contributed by atoms with Crippen LogP contribution in [0, 0.1) is 0 Å². The van der Waals surface area contributed by atoms with E-state index in [4.69, 9.17) is 0 Å². The number of rotatable bonds is 2. The summed E-state index contributed by atoms with van der Waals surface area (Å²) in [6.07, 6.45) is 8.94. The minimum absolute atomic E-state index is 1.12. The molecule has 0 unspecified atom stereocenters. The highest BCUT2D eigenvalue weighted by Crippen LogP contribution is 2.18. The molecule has 0 spiro atoms. The third kappa shape index (κ3) is 4.30. The highest BCUT2D eigenvalue weighted by Gasteiger charge is 2.09. The van der Waals surface area contributed by atoms with Crippen molar-refractivity contribution in [2.75, 3.05) is 13.1 Å². The van der Waals surface area contributed by atoms with Crippen LogP contribution in [0.15, 0.2) is 42.0 Å². The summed E-state index contributed by atoms with van der Waals surface area (Å²) >= 11 is 0. The SMILES string of the molecule is C/C=C1/CCCCN(Cc2ccccc2)CCC1.